The number of piperidine rings is 1. The van der Waals surface area contributed by atoms with Crippen molar-refractivity contribution < 1.29 is 34.6 Å². The molecule has 0 aromatic rings. The summed E-state index contributed by atoms with van der Waals surface area (Å²) in [6, 6.07) is -0.368. The summed E-state index contributed by atoms with van der Waals surface area (Å²) in [6.45, 7) is 3.46. The predicted molar refractivity (Wildman–Crippen MR) is 114 cm³/mol. The molecule has 6 aliphatic rings. The third kappa shape index (κ3) is 1.96. The summed E-state index contributed by atoms with van der Waals surface area (Å²) in [6.07, 6.45) is 0.720. The Morgan fingerprint density at radius 3 is 2.44 bits per heavy atom. The highest BCUT2D eigenvalue weighted by Crippen LogP contribution is 2.80. The normalized spacial score (nSPS) is 62.4. The van der Waals surface area contributed by atoms with Crippen molar-refractivity contribution >= 4 is 0 Å². The summed E-state index contributed by atoms with van der Waals surface area (Å²) in [5.41, 5.74) is -4.11. The lowest BCUT2D eigenvalue weighted by Gasteiger charge is -2.70. The topological polar surface area (TPSA) is 112 Å². The minimum atomic E-state index is -1.60. The van der Waals surface area contributed by atoms with Gasteiger partial charge in [0.05, 0.1) is 37.1 Å². The monoisotopic (exact) mass is 453 g/mol. The second-order valence-electron chi connectivity index (χ2n) is 11.6. The van der Waals surface area contributed by atoms with Gasteiger partial charge in [0, 0.05) is 62.9 Å². The zero-order chi connectivity index (χ0) is 22.8. The summed E-state index contributed by atoms with van der Waals surface area (Å²) >= 11 is 0. The van der Waals surface area contributed by atoms with Crippen LogP contribution in [0, 0.1) is 34.5 Å². The quantitative estimate of drug-likeness (QED) is 0.446. The van der Waals surface area contributed by atoms with Crippen LogP contribution in [-0.2, 0) is 14.2 Å². The first-order chi connectivity index (χ1) is 15.3. The van der Waals surface area contributed by atoms with E-state index in [2.05, 4.69) is 11.8 Å². The first-order valence-electron chi connectivity index (χ1n) is 12.3. The van der Waals surface area contributed by atoms with Crippen LogP contribution in [0.3, 0.4) is 0 Å². The number of nitrogens with zero attached hydrogens (tertiary/aromatic N) is 1. The number of ether oxygens (including phenoxy) is 3. The largest absolute Gasteiger partial charge is 0.396 e. The fraction of sp³-hybridized carbons (Fsp3) is 1.00. The molecule has 1 spiro atoms. The van der Waals surface area contributed by atoms with E-state index in [1.165, 1.54) is 0 Å². The van der Waals surface area contributed by atoms with Crippen LogP contribution in [0.2, 0.25) is 0 Å². The third-order valence-corrected chi connectivity index (χ3v) is 11.4. The van der Waals surface area contributed by atoms with E-state index in [-0.39, 0.29) is 49.0 Å². The van der Waals surface area contributed by atoms with Gasteiger partial charge in [-0.05, 0) is 31.7 Å². The standard InChI is InChI=1S/C24H39NO7/c1-5-25-10-21(11-26)7-6-15(31-3)23-13-8-12-14(30-2)9-22(28,16(13)17(12)27)24(29,20(23)25)19(32-4)18(21)23/h12-20,26-29H,5-11H2,1-4H3/t12-,13-,14+,15+,16-,17+,18-,19+,20+,21+,22-,23+,24-/m1/s1. The molecule has 7 bridgehead atoms. The molecule has 5 aliphatic carbocycles. The van der Waals surface area contributed by atoms with Gasteiger partial charge in [0.15, 0.2) is 0 Å². The van der Waals surface area contributed by atoms with E-state index in [1.54, 1.807) is 21.3 Å². The second kappa shape index (κ2) is 6.66. The Bertz CT molecular complexity index is 798. The lowest BCUT2D eigenvalue weighted by atomic mass is 9.42. The van der Waals surface area contributed by atoms with Gasteiger partial charge in [-0.2, -0.15) is 0 Å². The van der Waals surface area contributed by atoms with Crippen LogP contribution < -0.4 is 0 Å². The van der Waals surface area contributed by atoms with Crippen LogP contribution in [0.4, 0.5) is 0 Å². The molecule has 0 aromatic heterocycles. The first kappa shape index (κ1) is 22.2. The maximum Gasteiger partial charge on any atom is 0.136 e. The van der Waals surface area contributed by atoms with Crippen LogP contribution in [0.15, 0.2) is 0 Å². The Balaban J connectivity index is 1.69. The zero-order valence-electron chi connectivity index (χ0n) is 19.6. The van der Waals surface area contributed by atoms with Crippen LogP contribution in [0.5, 0.6) is 0 Å². The molecule has 182 valence electrons. The number of likely N-dealkylation sites (tertiary alicyclic amines) is 1. The second-order valence-corrected chi connectivity index (χ2v) is 11.6. The average molecular weight is 454 g/mol. The van der Waals surface area contributed by atoms with Crippen molar-refractivity contribution in [3.8, 4) is 0 Å². The van der Waals surface area contributed by atoms with Crippen molar-refractivity contribution in [2.24, 2.45) is 34.5 Å². The fourth-order valence-electron chi connectivity index (χ4n) is 10.7. The molecule has 32 heavy (non-hydrogen) atoms. The summed E-state index contributed by atoms with van der Waals surface area (Å²) in [7, 11) is 4.99. The van der Waals surface area contributed by atoms with Gasteiger partial charge in [0.25, 0.3) is 0 Å². The molecule has 4 N–H and O–H groups in total. The van der Waals surface area contributed by atoms with Crippen molar-refractivity contribution in [1.29, 1.82) is 0 Å². The molecule has 0 unspecified atom stereocenters. The highest BCUT2D eigenvalue weighted by molar-refractivity contribution is 5.41. The summed E-state index contributed by atoms with van der Waals surface area (Å²) in [4.78, 5) is 2.28. The van der Waals surface area contributed by atoms with Crippen molar-refractivity contribution in [2.75, 3.05) is 41.0 Å². The number of aliphatic hydroxyl groups is 4. The van der Waals surface area contributed by atoms with Gasteiger partial charge in [0.1, 0.15) is 11.2 Å². The summed E-state index contributed by atoms with van der Waals surface area (Å²) in [5.74, 6) is -0.749. The van der Waals surface area contributed by atoms with E-state index in [1.807, 2.05) is 0 Å². The van der Waals surface area contributed by atoms with Crippen molar-refractivity contribution in [2.45, 2.75) is 74.3 Å². The molecular formula is C24H39NO7. The van der Waals surface area contributed by atoms with Crippen molar-refractivity contribution in [3.05, 3.63) is 0 Å². The molecule has 0 amide bonds. The van der Waals surface area contributed by atoms with E-state index in [0.717, 1.165) is 19.3 Å². The summed E-state index contributed by atoms with van der Waals surface area (Å²) < 4.78 is 18.1. The SMILES string of the molecule is CCN1C[C@]2(CO)CC[C@H](OC)[C@@]34[C@@H]5C[C@H]6[C@H](O)[C@@H]5[C@](O)(C[C@@H]6OC)[C@@](O)([C@@H](OC)[C@H]23)[C@@H]14. The highest BCUT2D eigenvalue weighted by Gasteiger charge is 2.91. The fourth-order valence-corrected chi connectivity index (χ4v) is 10.7. The van der Waals surface area contributed by atoms with E-state index < -0.39 is 40.2 Å². The van der Waals surface area contributed by atoms with E-state index in [4.69, 9.17) is 14.2 Å². The number of likely N-dealkylation sites (N-methyl/N-ethyl adjacent to an activating group) is 1. The van der Waals surface area contributed by atoms with Crippen LogP contribution in [0.1, 0.15) is 32.6 Å². The molecule has 6 rings (SSSR count). The van der Waals surface area contributed by atoms with Gasteiger partial charge >= 0.3 is 0 Å². The number of aliphatic hydroxyl groups excluding tert-OH is 2. The number of hydrogen-bond acceptors (Lipinski definition) is 8. The molecular weight excluding hydrogens is 414 g/mol. The molecule has 8 nitrogen and oxygen atoms in total. The Morgan fingerprint density at radius 2 is 1.84 bits per heavy atom. The van der Waals surface area contributed by atoms with Gasteiger partial charge in [-0.25, -0.2) is 0 Å². The third-order valence-electron chi connectivity index (χ3n) is 11.4. The molecule has 6 fully saturated rings. The first-order valence-corrected chi connectivity index (χ1v) is 12.3. The minimum absolute atomic E-state index is 0.0114. The molecule has 13 atom stereocenters. The molecule has 0 radical (unpaired) electrons. The van der Waals surface area contributed by atoms with E-state index in [9.17, 15) is 20.4 Å². The molecule has 0 aromatic carbocycles. The van der Waals surface area contributed by atoms with Gasteiger partial charge in [0.2, 0.25) is 0 Å². The van der Waals surface area contributed by atoms with Gasteiger partial charge in [-0.1, -0.05) is 6.92 Å². The van der Waals surface area contributed by atoms with Crippen LogP contribution in [-0.4, -0.2) is 108 Å². The van der Waals surface area contributed by atoms with Gasteiger partial charge in [-0.15, -0.1) is 0 Å². The zero-order valence-corrected chi connectivity index (χ0v) is 19.6. The van der Waals surface area contributed by atoms with Crippen molar-refractivity contribution in [3.63, 3.8) is 0 Å². The molecule has 5 saturated carbocycles. The molecule has 1 saturated heterocycles. The molecule has 8 heteroatoms. The van der Waals surface area contributed by atoms with Gasteiger partial charge < -0.3 is 34.6 Å². The average Bonchev–Trinajstić information content (AvgIpc) is 3.15. The minimum Gasteiger partial charge on any atom is -0.396 e. The maximum absolute atomic E-state index is 12.8. The van der Waals surface area contributed by atoms with Gasteiger partial charge in [-0.3, -0.25) is 4.90 Å². The van der Waals surface area contributed by atoms with E-state index >= 15 is 0 Å². The Kier molecular flexibility index (Phi) is 4.62. The number of fused-ring (bicyclic) bond motifs is 2. The maximum atomic E-state index is 12.8. The number of hydrogen-bond donors (Lipinski definition) is 4. The van der Waals surface area contributed by atoms with Crippen LogP contribution >= 0.6 is 0 Å². The van der Waals surface area contributed by atoms with E-state index in [0.29, 0.717) is 13.1 Å². The predicted octanol–water partition coefficient (Wildman–Crippen LogP) is -0.383. The Hall–Kier alpha value is -0.320. The smallest absolute Gasteiger partial charge is 0.136 e. The summed E-state index contributed by atoms with van der Waals surface area (Å²) in [5, 5.41) is 47.6. The molecule has 1 heterocycles. The Labute approximate surface area is 189 Å². The van der Waals surface area contributed by atoms with Crippen LogP contribution in [0.25, 0.3) is 0 Å². The lowest BCUT2D eigenvalue weighted by Crippen LogP contribution is -2.82. The lowest BCUT2D eigenvalue weighted by molar-refractivity contribution is -0.318. The highest BCUT2D eigenvalue weighted by atomic mass is 16.5. The molecule has 1 aliphatic heterocycles. The van der Waals surface area contributed by atoms with Crippen molar-refractivity contribution in [1.82, 2.24) is 4.90 Å². The number of rotatable bonds is 5. The number of methoxy groups -OCH3 is 3. The Morgan fingerprint density at radius 1 is 1.09 bits per heavy atom.